The van der Waals surface area contributed by atoms with Crippen molar-refractivity contribution in [1.29, 1.82) is 0 Å². The van der Waals surface area contributed by atoms with Crippen molar-refractivity contribution >= 4 is 0 Å². The van der Waals surface area contributed by atoms with Gasteiger partial charge in [-0.25, -0.2) is 4.98 Å². The molecule has 20 heavy (non-hydrogen) atoms. The second kappa shape index (κ2) is 5.04. The van der Waals surface area contributed by atoms with Crippen LogP contribution in [0, 0.1) is 5.41 Å². The molecule has 0 bridgehead atoms. The van der Waals surface area contributed by atoms with Gasteiger partial charge in [-0.15, -0.1) is 0 Å². The van der Waals surface area contributed by atoms with Crippen LogP contribution < -0.4 is 0 Å². The van der Waals surface area contributed by atoms with E-state index in [9.17, 15) is 0 Å². The van der Waals surface area contributed by atoms with Crippen LogP contribution in [-0.4, -0.2) is 15.1 Å². The van der Waals surface area contributed by atoms with E-state index in [2.05, 4.69) is 35.9 Å². The number of nitrogens with zero attached hydrogens (tertiary/aromatic N) is 3. The van der Waals surface area contributed by atoms with Gasteiger partial charge in [-0.05, 0) is 24.7 Å². The van der Waals surface area contributed by atoms with Gasteiger partial charge in [0.2, 0.25) is 11.7 Å². The molecule has 5 nitrogen and oxygen atoms in total. The van der Waals surface area contributed by atoms with E-state index in [1.807, 2.05) is 0 Å². The zero-order valence-corrected chi connectivity index (χ0v) is 12.3. The second-order valence-electron chi connectivity index (χ2n) is 6.27. The molecule has 2 heterocycles. The van der Waals surface area contributed by atoms with Crippen LogP contribution in [0.4, 0.5) is 0 Å². The highest BCUT2D eigenvalue weighted by Gasteiger charge is 2.39. The molecule has 0 spiro atoms. The maximum Gasteiger partial charge on any atom is 0.230 e. The highest BCUT2D eigenvalue weighted by atomic mass is 16.5. The Morgan fingerprint density at radius 1 is 1.35 bits per heavy atom. The van der Waals surface area contributed by atoms with Crippen LogP contribution in [0.5, 0.6) is 0 Å². The lowest BCUT2D eigenvalue weighted by atomic mass is 9.82. The summed E-state index contributed by atoms with van der Waals surface area (Å²) in [4.78, 5) is 8.93. The van der Waals surface area contributed by atoms with E-state index in [-0.39, 0.29) is 5.41 Å². The van der Waals surface area contributed by atoms with Crippen molar-refractivity contribution in [2.75, 3.05) is 0 Å². The Kier molecular flexibility index (Phi) is 3.36. The van der Waals surface area contributed by atoms with Crippen LogP contribution in [0.25, 0.3) is 11.5 Å². The van der Waals surface area contributed by atoms with E-state index in [1.165, 1.54) is 12.8 Å². The van der Waals surface area contributed by atoms with Gasteiger partial charge in [-0.2, -0.15) is 4.98 Å². The highest BCUT2D eigenvalue weighted by molar-refractivity contribution is 5.45. The average Bonchev–Trinajstić information content (AvgIpc) is 3.07. The number of hydrogen-bond donors (Lipinski definition) is 0. The van der Waals surface area contributed by atoms with Crippen LogP contribution in [0.2, 0.25) is 0 Å². The first-order chi connectivity index (χ1) is 9.60. The van der Waals surface area contributed by atoms with Gasteiger partial charge in [0.15, 0.2) is 5.89 Å². The van der Waals surface area contributed by atoms with Gasteiger partial charge in [0.05, 0.1) is 0 Å². The molecular weight excluding hydrogens is 254 g/mol. The quantitative estimate of drug-likeness (QED) is 0.844. The standard InChI is InChI=1S/C15H21N3O2/c1-4-6-12-16-11(9-19-12)13-17-14(20-18-13)10-7-5-8-15(10,2)3/h9-10H,4-8H2,1-3H3. The van der Waals surface area contributed by atoms with Crippen molar-refractivity contribution in [1.82, 2.24) is 15.1 Å². The van der Waals surface area contributed by atoms with Gasteiger partial charge >= 0.3 is 0 Å². The SMILES string of the molecule is CCCc1nc(-c2noc(C3CCCC3(C)C)n2)co1. The molecule has 0 saturated heterocycles. The fourth-order valence-corrected chi connectivity index (χ4v) is 3.01. The minimum Gasteiger partial charge on any atom is -0.448 e. The molecule has 1 atom stereocenters. The van der Waals surface area contributed by atoms with Crippen molar-refractivity contribution in [3.05, 3.63) is 18.0 Å². The highest BCUT2D eigenvalue weighted by Crippen LogP contribution is 2.48. The number of oxazole rings is 1. The largest absolute Gasteiger partial charge is 0.448 e. The van der Waals surface area contributed by atoms with E-state index in [0.717, 1.165) is 31.0 Å². The average molecular weight is 275 g/mol. The molecule has 2 aromatic rings. The lowest BCUT2D eigenvalue weighted by molar-refractivity contribution is 0.261. The minimum absolute atomic E-state index is 0.237. The molecule has 0 radical (unpaired) electrons. The number of aromatic nitrogens is 3. The zero-order valence-electron chi connectivity index (χ0n) is 12.3. The Labute approximate surface area is 118 Å². The molecule has 5 heteroatoms. The Morgan fingerprint density at radius 3 is 2.90 bits per heavy atom. The lowest BCUT2D eigenvalue weighted by Gasteiger charge is -2.23. The summed E-state index contributed by atoms with van der Waals surface area (Å²) in [5, 5.41) is 4.06. The third kappa shape index (κ3) is 2.37. The first kappa shape index (κ1) is 13.3. The van der Waals surface area contributed by atoms with Gasteiger partial charge < -0.3 is 8.94 Å². The fraction of sp³-hybridized carbons (Fsp3) is 0.667. The third-order valence-corrected chi connectivity index (χ3v) is 4.24. The first-order valence-electron chi connectivity index (χ1n) is 7.38. The summed E-state index contributed by atoms with van der Waals surface area (Å²) in [7, 11) is 0. The van der Waals surface area contributed by atoms with Crippen molar-refractivity contribution in [3.63, 3.8) is 0 Å². The Bertz CT molecular complexity index is 585. The lowest BCUT2D eigenvalue weighted by Crippen LogP contribution is -2.15. The molecule has 0 N–H and O–H groups in total. The molecule has 1 aliphatic carbocycles. The van der Waals surface area contributed by atoms with Crippen molar-refractivity contribution in [2.45, 2.75) is 58.8 Å². The number of hydrogen-bond acceptors (Lipinski definition) is 5. The fourth-order valence-electron chi connectivity index (χ4n) is 3.01. The van der Waals surface area contributed by atoms with Crippen molar-refractivity contribution < 1.29 is 8.94 Å². The summed E-state index contributed by atoms with van der Waals surface area (Å²) in [6.45, 7) is 6.63. The predicted molar refractivity (Wildman–Crippen MR) is 74.2 cm³/mol. The van der Waals surface area contributed by atoms with E-state index < -0.39 is 0 Å². The minimum atomic E-state index is 0.237. The zero-order chi connectivity index (χ0) is 14.2. The summed E-state index contributed by atoms with van der Waals surface area (Å²) >= 11 is 0. The van der Waals surface area contributed by atoms with Crippen LogP contribution in [0.1, 0.15) is 64.2 Å². The summed E-state index contributed by atoms with van der Waals surface area (Å²) < 4.78 is 10.9. The second-order valence-corrected chi connectivity index (χ2v) is 6.27. The van der Waals surface area contributed by atoms with Crippen LogP contribution in [0.3, 0.4) is 0 Å². The molecule has 1 unspecified atom stereocenters. The summed E-state index contributed by atoms with van der Waals surface area (Å²) in [5.74, 6) is 2.36. The van der Waals surface area contributed by atoms with E-state index >= 15 is 0 Å². The van der Waals surface area contributed by atoms with E-state index in [1.54, 1.807) is 6.26 Å². The number of aryl methyl sites for hydroxylation is 1. The van der Waals surface area contributed by atoms with Gasteiger partial charge in [0.25, 0.3) is 0 Å². The topological polar surface area (TPSA) is 65.0 Å². The molecule has 0 aliphatic heterocycles. The van der Waals surface area contributed by atoms with Crippen molar-refractivity contribution in [2.24, 2.45) is 5.41 Å². The maximum atomic E-state index is 5.47. The molecule has 108 valence electrons. The molecule has 3 rings (SSSR count). The van der Waals surface area contributed by atoms with Crippen molar-refractivity contribution in [3.8, 4) is 11.5 Å². The molecule has 1 fully saturated rings. The van der Waals surface area contributed by atoms with E-state index in [0.29, 0.717) is 17.4 Å². The third-order valence-electron chi connectivity index (χ3n) is 4.24. The molecule has 1 aliphatic rings. The summed E-state index contributed by atoms with van der Waals surface area (Å²) in [6, 6.07) is 0. The van der Waals surface area contributed by atoms with Gasteiger partial charge in [0, 0.05) is 12.3 Å². The molecule has 2 aromatic heterocycles. The Hall–Kier alpha value is -1.65. The van der Waals surface area contributed by atoms with Gasteiger partial charge in [-0.3, -0.25) is 0 Å². The Balaban J connectivity index is 1.82. The number of rotatable bonds is 4. The van der Waals surface area contributed by atoms with Crippen LogP contribution >= 0.6 is 0 Å². The normalized spacial score (nSPS) is 21.4. The van der Waals surface area contributed by atoms with Gasteiger partial charge in [0.1, 0.15) is 12.0 Å². The van der Waals surface area contributed by atoms with Crippen LogP contribution in [-0.2, 0) is 6.42 Å². The van der Waals surface area contributed by atoms with E-state index in [4.69, 9.17) is 8.94 Å². The molecule has 0 amide bonds. The predicted octanol–water partition coefficient (Wildman–Crippen LogP) is 3.97. The molecule has 0 aromatic carbocycles. The first-order valence-corrected chi connectivity index (χ1v) is 7.38. The monoisotopic (exact) mass is 275 g/mol. The Morgan fingerprint density at radius 2 is 2.20 bits per heavy atom. The smallest absolute Gasteiger partial charge is 0.230 e. The van der Waals surface area contributed by atoms with Crippen LogP contribution in [0.15, 0.2) is 15.2 Å². The molecule has 1 saturated carbocycles. The summed E-state index contributed by atoms with van der Waals surface area (Å²) in [5.41, 5.74) is 0.903. The maximum absolute atomic E-state index is 5.47. The van der Waals surface area contributed by atoms with Gasteiger partial charge in [-0.1, -0.05) is 32.3 Å². The molecular formula is C15H21N3O2. The summed E-state index contributed by atoms with van der Waals surface area (Å²) in [6.07, 6.45) is 7.00.